The van der Waals surface area contributed by atoms with Gasteiger partial charge in [0.2, 0.25) is 5.91 Å². The van der Waals surface area contributed by atoms with Crippen LogP contribution in [0.25, 0.3) is 11.2 Å². The van der Waals surface area contributed by atoms with Gasteiger partial charge in [-0.25, -0.2) is 14.3 Å². The Labute approximate surface area is 213 Å². The van der Waals surface area contributed by atoms with E-state index in [0.717, 1.165) is 21.3 Å². The predicted octanol–water partition coefficient (Wildman–Crippen LogP) is 3.33. The molecule has 0 spiro atoms. The number of hydrogen-bond donors (Lipinski definition) is 1. The van der Waals surface area contributed by atoms with Crippen LogP contribution in [0.15, 0.2) is 107 Å². The number of carbonyl (C=O) groups is 1. The number of benzene rings is 3. The van der Waals surface area contributed by atoms with E-state index in [1.54, 1.807) is 10.9 Å². The lowest BCUT2D eigenvalue weighted by molar-refractivity contribution is -0.122. The second-order valence-corrected chi connectivity index (χ2v) is 8.98. The lowest BCUT2D eigenvalue weighted by atomic mass is 10.1. The van der Waals surface area contributed by atoms with Gasteiger partial charge in [-0.15, -0.1) is 0 Å². The lowest BCUT2D eigenvalue weighted by Gasteiger charge is -2.16. The molecular weight excluding hydrogens is 466 g/mol. The maximum atomic E-state index is 13.6. The third-order valence-electron chi connectivity index (χ3n) is 6.34. The highest BCUT2D eigenvalue weighted by Gasteiger charge is 2.21. The Morgan fingerprint density at radius 3 is 2.00 bits per heavy atom. The smallest absolute Gasteiger partial charge is 0.333 e. The van der Waals surface area contributed by atoms with Crippen LogP contribution in [0.1, 0.15) is 29.7 Å². The van der Waals surface area contributed by atoms with Gasteiger partial charge >= 0.3 is 5.69 Å². The van der Waals surface area contributed by atoms with E-state index in [-0.39, 0.29) is 18.1 Å². The van der Waals surface area contributed by atoms with Crippen LogP contribution in [0.3, 0.4) is 0 Å². The molecule has 186 valence electrons. The molecule has 0 saturated heterocycles. The second kappa shape index (κ2) is 10.5. The first-order valence-corrected chi connectivity index (χ1v) is 12.1. The van der Waals surface area contributed by atoms with Crippen LogP contribution < -0.4 is 16.6 Å². The number of rotatable bonds is 8. The van der Waals surface area contributed by atoms with Crippen molar-refractivity contribution in [3.8, 4) is 0 Å². The monoisotopic (exact) mass is 493 g/mol. The Bertz CT molecular complexity index is 1640. The molecule has 1 unspecified atom stereocenters. The largest absolute Gasteiger partial charge is 0.348 e. The fourth-order valence-corrected chi connectivity index (χ4v) is 4.44. The molecule has 0 bridgehead atoms. The Kier molecular flexibility index (Phi) is 6.81. The van der Waals surface area contributed by atoms with Crippen molar-refractivity contribution in [3.05, 3.63) is 135 Å². The number of fused-ring (bicyclic) bond motifs is 1. The summed E-state index contributed by atoms with van der Waals surface area (Å²) in [5, 5.41) is 2.90. The molecule has 0 aliphatic rings. The summed E-state index contributed by atoms with van der Waals surface area (Å²) < 4.78 is 4.19. The summed E-state index contributed by atoms with van der Waals surface area (Å²) in [6.45, 7) is 2.10. The van der Waals surface area contributed by atoms with Gasteiger partial charge in [0.15, 0.2) is 11.2 Å². The van der Waals surface area contributed by atoms with E-state index in [9.17, 15) is 14.4 Å². The quantitative estimate of drug-likeness (QED) is 0.359. The SMILES string of the molecule is CC(NC(=O)Cn1c(=O)c2c(ncn2Cc2ccccc2)n(Cc2ccccc2)c1=O)c1ccccc1. The summed E-state index contributed by atoms with van der Waals surface area (Å²) in [6.07, 6.45) is 1.57. The van der Waals surface area contributed by atoms with Crippen LogP contribution in [-0.4, -0.2) is 24.6 Å². The van der Waals surface area contributed by atoms with Crippen LogP contribution in [0, 0.1) is 0 Å². The van der Waals surface area contributed by atoms with Gasteiger partial charge in [-0.3, -0.25) is 14.2 Å². The minimum absolute atomic E-state index is 0.223. The first-order valence-electron chi connectivity index (χ1n) is 12.1. The number of amides is 1. The maximum Gasteiger partial charge on any atom is 0.333 e. The van der Waals surface area contributed by atoms with Gasteiger partial charge in [-0.2, -0.15) is 0 Å². The van der Waals surface area contributed by atoms with Crippen molar-refractivity contribution in [1.82, 2.24) is 24.0 Å². The topological polar surface area (TPSA) is 90.9 Å². The molecule has 2 aromatic heterocycles. The first kappa shape index (κ1) is 24.0. The number of carbonyl (C=O) groups excluding carboxylic acids is 1. The Morgan fingerprint density at radius 1 is 0.811 bits per heavy atom. The summed E-state index contributed by atoms with van der Waals surface area (Å²) in [5.74, 6) is -0.421. The van der Waals surface area contributed by atoms with Crippen LogP contribution >= 0.6 is 0 Å². The van der Waals surface area contributed by atoms with E-state index >= 15 is 0 Å². The summed E-state index contributed by atoms with van der Waals surface area (Å²) in [7, 11) is 0. The third-order valence-corrected chi connectivity index (χ3v) is 6.34. The highest BCUT2D eigenvalue weighted by atomic mass is 16.2. The van der Waals surface area contributed by atoms with Crippen LogP contribution in [0.2, 0.25) is 0 Å². The summed E-state index contributed by atoms with van der Waals surface area (Å²) in [4.78, 5) is 44.6. The minimum Gasteiger partial charge on any atom is -0.348 e. The molecular formula is C29H27N5O3. The molecule has 3 aromatic carbocycles. The average molecular weight is 494 g/mol. The van der Waals surface area contributed by atoms with Crippen LogP contribution in [-0.2, 0) is 24.4 Å². The molecule has 0 aliphatic carbocycles. The Morgan fingerprint density at radius 2 is 1.38 bits per heavy atom. The fraction of sp³-hybridized carbons (Fsp3) is 0.172. The van der Waals surface area contributed by atoms with E-state index in [2.05, 4.69) is 10.3 Å². The lowest BCUT2D eigenvalue weighted by Crippen LogP contribution is -2.44. The number of aromatic nitrogens is 4. The van der Waals surface area contributed by atoms with Crippen LogP contribution in [0.5, 0.6) is 0 Å². The Balaban J connectivity index is 1.56. The van der Waals surface area contributed by atoms with Crippen LogP contribution in [0.4, 0.5) is 0 Å². The molecule has 0 fully saturated rings. The van der Waals surface area contributed by atoms with Crippen molar-refractivity contribution in [3.63, 3.8) is 0 Å². The minimum atomic E-state index is -0.575. The molecule has 8 nitrogen and oxygen atoms in total. The average Bonchev–Trinajstić information content (AvgIpc) is 3.34. The zero-order chi connectivity index (χ0) is 25.8. The van der Waals surface area contributed by atoms with Gasteiger partial charge in [-0.05, 0) is 23.6 Å². The van der Waals surface area contributed by atoms with Gasteiger partial charge in [0.25, 0.3) is 5.56 Å². The molecule has 1 atom stereocenters. The van der Waals surface area contributed by atoms with Crippen molar-refractivity contribution >= 4 is 17.1 Å². The molecule has 2 heterocycles. The molecule has 0 aliphatic heterocycles. The highest BCUT2D eigenvalue weighted by Crippen LogP contribution is 2.13. The molecule has 0 saturated carbocycles. The van der Waals surface area contributed by atoms with E-state index in [4.69, 9.17) is 0 Å². The number of imidazole rings is 1. The van der Waals surface area contributed by atoms with Gasteiger partial charge < -0.3 is 9.88 Å². The van der Waals surface area contributed by atoms with Crippen molar-refractivity contribution in [1.29, 1.82) is 0 Å². The zero-order valence-electron chi connectivity index (χ0n) is 20.4. The molecule has 0 radical (unpaired) electrons. The van der Waals surface area contributed by atoms with Crippen molar-refractivity contribution in [2.75, 3.05) is 0 Å². The van der Waals surface area contributed by atoms with E-state index in [0.29, 0.717) is 12.2 Å². The van der Waals surface area contributed by atoms with E-state index in [1.807, 2.05) is 97.9 Å². The van der Waals surface area contributed by atoms with E-state index < -0.39 is 23.7 Å². The third kappa shape index (κ3) is 5.13. The normalized spacial score (nSPS) is 11.9. The molecule has 37 heavy (non-hydrogen) atoms. The standard InChI is InChI=1S/C29H27N5O3/c1-21(24-15-9-4-10-16-24)31-25(35)19-34-28(36)26-27(30-20-32(26)17-22-11-5-2-6-12-22)33(29(34)37)18-23-13-7-3-8-14-23/h2-16,20-21H,17-19H2,1H3,(H,31,35). The first-order chi connectivity index (χ1) is 18.0. The summed E-state index contributed by atoms with van der Waals surface area (Å²) >= 11 is 0. The molecule has 1 N–H and O–H groups in total. The fourth-order valence-electron chi connectivity index (χ4n) is 4.44. The van der Waals surface area contributed by atoms with Gasteiger partial charge in [0, 0.05) is 6.54 Å². The number of hydrogen-bond acceptors (Lipinski definition) is 4. The Hall–Kier alpha value is -4.72. The summed E-state index contributed by atoms with van der Waals surface area (Å²) in [5.41, 5.74) is 2.27. The molecule has 5 aromatic rings. The highest BCUT2D eigenvalue weighted by molar-refractivity contribution is 5.77. The predicted molar refractivity (Wildman–Crippen MR) is 142 cm³/mol. The van der Waals surface area contributed by atoms with Crippen molar-refractivity contribution in [2.45, 2.75) is 32.6 Å². The molecule has 8 heteroatoms. The van der Waals surface area contributed by atoms with Crippen molar-refractivity contribution < 1.29 is 4.79 Å². The molecule has 5 rings (SSSR count). The van der Waals surface area contributed by atoms with Gasteiger partial charge in [0.1, 0.15) is 6.54 Å². The second-order valence-electron chi connectivity index (χ2n) is 8.98. The van der Waals surface area contributed by atoms with Gasteiger partial charge in [0.05, 0.1) is 18.9 Å². The number of nitrogens with zero attached hydrogens (tertiary/aromatic N) is 4. The molecule has 1 amide bonds. The maximum absolute atomic E-state index is 13.6. The van der Waals surface area contributed by atoms with Crippen molar-refractivity contribution in [2.24, 2.45) is 0 Å². The van der Waals surface area contributed by atoms with E-state index in [1.165, 1.54) is 4.57 Å². The summed E-state index contributed by atoms with van der Waals surface area (Å²) in [6, 6.07) is 28.4. The zero-order valence-corrected chi connectivity index (χ0v) is 20.4. The van der Waals surface area contributed by atoms with Gasteiger partial charge in [-0.1, -0.05) is 91.0 Å². The number of nitrogens with one attached hydrogen (secondary N) is 1.